The molecule has 0 fully saturated rings. The first-order valence-corrected chi connectivity index (χ1v) is 13.9. The Morgan fingerprint density at radius 3 is 2.77 bits per heavy atom. The molecule has 2 amide bonds. The molecule has 5 rings (SSSR count). The summed E-state index contributed by atoms with van der Waals surface area (Å²) in [6.45, 7) is 1.36. The molecule has 3 heterocycles. The van der Waals surface area contributed by atoms with Gasteiger partial charge in [-0.25, -0.2) is 9.97 Å². The smallest absolute Gasteiger partial charge is 0.251 e. The number of nitrogens with zero attached hydrogens (tertiary/aromatic N) is 2. The summed E-state index contributed by atoms with van der Waals surface area (Å²) < 4.78 is 0. The molecule has 1 aliphatic heterocycles. The Morgan fingerprint density at radius 1 is 1.03 bits per heavy atom. The van der Waals surface area contributed by atoms with Crippen molar-refractivity contribution in [1.82, 2.24) is 25.6 Å². The second-order valence-electron chi connectivity index (χ2n) is 10.1. The predicted molar refractivity (Wildman–Crippen MR) is 155 cm³/mol. The van der Waals surface area contributed by atoms with E-state index in [1.165, 1.54) is 10.8 Å². The number of hydrogen-bond donors (Lipinski definition) is 4. The minimum absolute atomic E-state index is 0.0268. The lowest BCUT2D eigenvalue weighted by Gasteiger charge is -2.20. The minimum atomic E-state index is -0.0803. The molecule has 4 N–H and O–H groups in total. The Balaban J connectivity index is 1.30. The lowest BCUT2D eigenvalue weighted by molar-refractivity contribution is -0.120. The minimum Gasteiger partial charge on any atom is -0.370 e. The van der Waals surface area contributed by atoms with Crippen molar-refractivity contribution >= 4 is 28.4 Å². The number of aromatic amines is 1. The number of fused-ring (bicyclic) bond motifs is 2. The Labute approximate surface area is 229 Å². The standard InChI is InChI=1S/C31H36N6O2/c1-32-28(38)12-4-2-3-10-24(19-36-31(39)26-15-17-34-30-25(26)11-7-16-33-30)29-35-20-27(37-29)23-14-13-21-8-5-6-9-22(21)18-23/h5-6,8-9,13-15,17-18,20,24H,2-4,7,10-12,16,19H2,1H3,(H,32,38)(H,33,34)(H,35,37)(H,36,39). The van der Waals surface area contributed by atoms with Crippen LogP contribution in [0.2, 0.25) is 0 Å². The number of pyridine rings is 1. The van der Waals surface area contributed by atoms with Crippen LogP contribution in [0.25, 0.3) is 22.0 Å². The fraction of sp³-hybridized carbons (Fsp3) is 0.355. The van der Waals surface area contributed by atoms with Crippen LogP contribution in [0.15, 0.2) is 60.9 Å². The summed E-state index contributed by atoms with van der Waals surface area (Å²) in [5.41, 5.74) is 3.72. The third kappa shape index (κ3) is 6.45. The molecule has 1 aliphatic rings. The van der Waals surface area contributed by atoms with Crippen molar-refractivity contribution in [3.8, 4) is 11.3 Å². The molecule has 1 atom stereocenters. The predicted octanol–water partition coefficient (Wildman–Crippen LogP) is 5.19. The van der Waals surface area contributed by atoms with Crippen LogP contribution >= 0.6 is 0 Å². The van der Waals surface area contributed by atoms with E-state index < -0.39 is 0 Å². The van der Waals surface area contributed by atoms with Gasteiger partial charge in [0, 0.05) is 55.4 Å². The van der Waals surface area contributed by atoms with Crippen molar-refractivity contribution in [3.05, 3.63) is 77.9 Å². The lowest BCUT2D eigenvalue weighted by atomic mass is 9.98. The maximum absolute atomic E-state index is 13.2. The zero-order chi connectivity index (χ0) is 27.0. The number of carbonyl (C=O) groups excluding carboxylic acids is 2. The van der Waals surface area contributed by atoms with E-state index in [1.54, 1.807) is 19.3 Å². The first-order chi connectivity index (χ1) is 19.1. The van der Waals surface area contributed by atoms with Crippen molar-refractivity contribution in [2.75, 3.05) is 25.5 Å². The molecule has 0 bridgehead atoms. The second-order valence-corrected chi connectivity index (χ2v) is 10.1. The van der Waals surface area contributed by atoms with E-state index in [9.17, 15) is 9.59 Å². The first kappa shape index (κ1) is 26.4. The fourth-order valence-corrected chi connectivity index (χ4v) is 5.25. The van der Waals surface area contributed by atoms with E-state index in [1.807, 2.05) is 18.3 Å². The number of imidazole rings is 1. The summed E-state index contributed by atoms with van der Waals surface area (Å²) in [5.74, 6) is 1.69. The number of hydrogen-bond acceptors (Lipinski definition) is 5. The summed E-state index contributed by atoms with van der Waals surface area (Å²) in [5, 5.41) is 11.5. The van der Waals surface area contributed by atoms with Gasteiger partial charge in [0.2, 0.25) is 5.91 Å². The molecule has 0 saturated carbocycles. The highest BCUT2D eigenvalue weighted by Crippen LogP contribution is 2.27. The van der Waals surface area contributed by atoms with Crippen LogP contribution in [-0.4, -0.2) is 46.9 Å². The Morgan fingerprint density at radius 2 is 1.90 bits per heavy atom. The Bertz CT molecular complexity index is 1450. The van der Waals surface area contributed by atoms with E-state index in [2.05, 4.69) is 56.3 Å². The molecule has 0 spiro atoms. The van der Waals surface area contributed by atoms with Crippen LogP contribution in [0, 0.1) is 0 Å². The number of nitrogens with one attached hydrogen (secondary N) is 4. The first-order valence-electron chi connectivity index (χ1n) is 13.9. The molecule has 202 valence electrons. The van der Waals surface area contributed by atoms with Crippen molar-refractivity contribution < 1.29 is 9.59 Å². The van der Waals surface area contributed by atoms with Crippen molar-refractivity contribution in [2.24, 2.45) is 0 Å². The fourth-order valence-electron chi connectivity index (χ4n) is 5.25. The summed E-state index contributed by atoms with van der Waals surface area (Å²) >= 11 is 0. The molecule has 0 aliphatic carbocycles. The third-order valence-corrected chi connectivity index (χ3v) is 7.48. The number of carbonyl (C=O) groups is 2. The van der Waals surface area contributed by atoms with Crippen molar-refractivity contribution in [3.63, 3.8) is 0 Å². The number of rotatable bonds is 11. The number of aromatic nitrogens is 3. The van der Waals surface area contributed by atoms with Crippen molar-refractivity contribution in [1.29, 1.82) is 0 Å². The number of benzene rings is 2. The van der Waals surface area contributed by atoms with Gasteiger partial charge >= 0.3 is 0 Å². The van der Waals surface area contributed by atoms with Gasteiger partial charge in [0.15, 0.2) is 0 Å². The molecule has 1 unspecified atom stereocenters. The van der Waals surface area contributed by atoms with E-state index >= 15 is 0 Å². The van der Waals surface area contributed by atoms with Gasteiger partial charge in [-0.2, -0.15) is 0 Å². The highest BCUT2D eigenvalue weighted by atomic mass is 16.2. The molecule has 8 nitrogen and oxygen atoms in total. The number of amides is 2. The molecule has 0 radical (unpaired) electrons. The quantitative estimate of drug-likeness (QED) is 0.202. The van der Waals surface area contributed by atoms with Crippen LogP contribution in [0.3, 0.4) is 0 Å². The van der Waals surface area contributed by atoms with Gasteiger partial charge in [-0.15, -0.1) is 0 Å². The molecular weight excluding hydrogens is 488 g/mol. The van der Waals surface area contributed by atoms with Gasteiger partial charge < -0.3 is 20.9 Å². The molecule has 39 heavy (non-hydrogen) atoms. The van der Waals surface area contributed by atoms with E-state index in [0.29, 0.717) is 18.5 Å². The monoisotopic (exact) mass is 524 g/mol. The normalized spacial score (nSPS) is 13.4. The summed E-state index contributed by atoms with van der Waals surface area (Å²) in [6.07, 6.45) is 9.53. The SMILES string of the molecule is CNC(=O)CCCCCC(CNC(=O)c1ccnc2c1CCCN2)c1ncc(-c2ccc3ccccc3c2)[nH]1. The lowest BCUT2D eigenvalue weighted by Crippen LogP contribution is -2.30. The Hall–Kier alpha value is -4.20. The van der Waals surface area contributed by atoms with Crippen LogP contribution in [0.1, 0.15) is 66.2 Å². The molecule has 2 aromatic carbocycles. The highest BCUT2D eigenvalue weighted by Gasteiger charge is 2.21. The van der Waals surface area contributed by atoms with E-state index in [0.717, 1.165) is 73.5 Å². The summed E-state index contributed by atoms with van der Waals surface area (Å²) in [4.78, 5) is 37.5. The average Bonchev–Trinajstić information content (AvgIpc) is 3.48. The van der Waals surface area contributed by atoms with Crippen LogP contribution in [0.4, 0.5) is 5.82 Å². The molecule has 4 aromatic rings. The van der Waals surface area contributed by atoms with Gasteiger partial charge in [0.05, 0.1) is 11.9 Å². The van der Waals surface area contributed by atoms with Crippen LogP contribution in [0.5, 0.6) is 0 Å². The maximum Gasteiger partial charge on any atom is 0.251 e. The maximum atomic E-state index is 13.2. The number of anilines is 1. The van der Waals surface area contributed by atoms with Crippen LogP contribution < -0.4 is 16.0 Å². The number of H-pyrrole nitrogens is 1. The summed E-state index contributed by atoms with van der Waals surface area (Å²) in [7, 11) is 1.67. The molecular formula is C31H36N6O2. The topological polar surface area (TPSA) is 112 Å². The molecule has 8 heteroatoms. The van der Waals surface area contributed by atoms with Gasteiger partial charge in [-0.05, 0) is 48.6 Å². The van der Waals surface area contributed by atoms with Gasteiger partial charge in [-0.1, -0.05) is 49.2 Å². The zero-order valence-electron chi connectivity index (χ0n) is 22.4. The second kappa shape index (κ2) is 12.6. The average molecular weight is 525 g/mol. The van der Waals surface area contributed by atoms with Gasteiger partial charge in [-0.3, -0.25) is 9.59 Å². The summed E-state index contributed by atoms with van der Waals surface area (Å²) in [6, 6.07) is 16.5. The molecule has 2 aromatic heterocycles. The highest BCUT2D eigenvalue weighted by molar-refractivity contribution is 5.97. The van der Waals surface area contributed by atoms with Gasteiger partial charge in [0.1, 0.15) is 11.6 Å². The number of unbranched alkanes of at least 4 members (excludes halogenated alkanes) is 2. The Kier molecular flexibility index (Phi) is 8.51. The van der Waals surface area contributed by atoms with E-state index in [4.69, 9.17) is 4.98 Å². The van der Waals surface area contributed by atoms with Crippen LogP contribution in [-0.2, 0) is 11.2 Å². The zero-order valence-corrected chi connectivity index (χ0v) is 22.4. The van der Waals surface area contributed by atoms with Crippen molar-refractivity contribution in [2.45, 2.75) is 50.9 Å². The van der Waals surface area contributed by atoms with Gasteiger partial charge in [0.25, 0.3) is 5.91 Å². The van der Waals surface area contributed by atoms with E-state index in [-0.39, 0.29) is 17.7 Å². The third-order valence-electron chi connectivity index (χ3n) is 7.48. The largest absolute Gasteiger partial charge is 0.370 e. The molecule has 0 saturated heterocycles.